The monoisotopic (exact) mass is 582 g/mol. The second-order valence-corrected chi connectivity index (χ2v) is 11.1. The number of likely N-dealkylation sites (tertiary alicyclic amines) is 1. The Labute approximate surface area is 250 Å². The molecule has 0 spiro atoms. The highest BCUT2D eigenvalue weighted by Crippen LogP contribution is 2.35. The van der Waals surface area contributed by atoms with E-state index in [2.05, 4.69) is 48.5 Å². The van der Waals surface area contributed by atoms with E-state index in [1.165, 1.54) is 12.4 Å². The molecule has 2 saturated heterocycles. The molecule has 0 bridgehead atoms. The maximum Gasteiger partial charge on any atom is 0.150 e. The molecule has 4 aromatic rings. The lowest BCUT2D eigenvalue weighted by Gasteiger charge is -2.30. The minimum Gasteiger partial charge on any atom is -0.495 e. The fourth-order valence-corrected chi connectivity index (χ4v) is 5.64. The van der Waals surface area contributed by atoms with E-state index in [0.29, 0.717) is 34.6 Å². The average molecular weight is 583 g/mol. The van der Waals surface area contributed by atoms with Gasteiger partial charge >= 0.3 is 0 Å². The Hall–Kier alpha value is -4.69. The number of benzene rings is 2. The highest BCUT2D eigenvalue weighted by Gasteiger charge is 2.21. The van der Waals surface area contributed by atoms with Crippen molar-refractivity contribution in [2.45, 2.75) is 31.7 Å². The van der Waals surface area contributed by atoms with Crippen LogP contribution in [0, 0.1) is 23.1 Å². The second kappa shape index (κ2) is 12.7. The van der Waals surface area contributed by atoms with E-state index in [1.54, 1.807) is 31.5 Å². The van der Waals surface area contributed by atoms with E-state index < -0.39 is 5.82 Å². The van der Waals surface area contributed by atoms with Crippen molar-refractivity contribution in [3.8, 4) is 23.3 Å². The van der Waals surface area contributed by atoms with Gasteiger partial charge in [-0.3, -0.25) is 0 Å². The molecule has 2 aliphatic heterocycles. The molecule has 4 heterocycles. The Morgan fingerprint density at radius 3 is 2.47 bits per heavy atom. The molecular formula is C32H35FN8O2. The van der Waals surface area contributed by atoms with E-state index in [4.69, 9.17) is 14.7 Å². The second-order valence-electron chi connectivity index (χ2n) is 11.1. The first-order chi connectivity index (χ1) is 21.0. The lowest BCUT2D eigenvalue weighted by atomic mass is 9.99. The number of halogens is 1. The third-order valence-electron chi connectivity index (χ3n) is 8.18. The van der Waals surface area contributed by atoms with Crippen molar-refractivity contribution in [1.29, 1.82) is 5.26 Å². The Kier molecular flexibility index (Phi) is 8.38. The number of methoxy groups -OCH3 is 1. The maximum absolute atomic E-state index is 15.3. The molecule has 6 rings (SSSR count). The van der Waals surface area contributed by atoms with Gasteiger partial charge in [0.15, 0.2) is 0 Å². The van der Waals surface area contributed by atoms with Crippen LogP contribution in [0.2, 0.25) is 0 Å². The van der Waals surface area contributed by atoms with Gasteiger partial charge in [0.2, 0.25) is 0 Å². The molecule has 43 heavy (non-hydrogen) atoms. The largest absolute Gasteiger partial charge is 0.495 e. The van der Waals surface area contributed by atoms with Gasteiger partial charge in [-0.15, -0.1) is 0 Å². The Morgan fingerprint density at radius 1 is 0.930 bits per heavy atom. The zero-order valence-corrected chi connectivity index (χ0v) is 24.4. The van der Waals surface area contributed by atoms with Gasteiger partial charge in [-0.05, 0) is 70.1 Å². The predicted octanol–water partition coefficient (Wildman–Crippen LogP) is 5.95. The number of nitriles is 1. The van der Waals surface area contributed by atoms with Crippen molar-refractivity contribution in [3.05, 3.63) is 60.8 Å². The first-order valence-electron chi connectivity index (χ1n) is 14.6. The van der Waals surface area contributed by atoms with Crippen molar-refractivity contribution < 1.29 is 13.9 Å². The van der Waals surface area contributed by atoms with Crippen LogP contribution in [-0.4, -0.2) is 66.2 Å². The van der Waals surface area contributed by atoms with Crippen LogP contribution in [0.4, 0.5) is 27.4 Å². The number of hydrogen-bond acceptors (Lipinski definition) is 10. The number of piperidine rings is 2. The molecule has 0 atom stereocenters. The number of aromatic nitrogens is 3. The summed E-state index contributed by atoms with van der Waals surface area (Å²) in [6.07, 6.45) is 6.83. The van der Waals surface area contributed by atoms with E-state index >= 15 is 4.39 Å². The van der Waals surface area contributed by atoms with Crippen LogP contribution in [0.25, 0.3) is 10.9 Å². The molecule has 11 heteroatoms. The number of nitrogens with zero attached hydrogens (tertiary/aromatic N) is 6. The average Bonchev–Trinajstić information content (AvgIpc) is 3.03. The molecule has 10 nitrogen and oxygen atoms in total. The van der Waals surface area contributed by atoms with Crippen LogP contribution in [-0.2, 0) is 0 Å². The third-order valence-corrected chi connectivity index (χ3v) is 8.18. The van der Waals surface area contributed by atoms with Gasteiger partial charge in [-0.1, -0.05) is 0 Å². The van der Waals surface area contributed by atoms with Crippen LogP contribution in [0.1, 0.15) is 25.7 Å². The van der Waals surface area contributed by atoms with Gasteiger partial charge in [0.05, 0.1) is 30.1 Å². The van der Waals surface area contributed by atoms with Gasteiger partial charge in [0.25, 0.3) is 0 Å². The standard InChI is InChI=1S/C32H35FN8O2/c1-40-11-8-22(9-12-40)38-29-17-25-28(18-30(29)42-2)36-20-37-32(25)39-27-4-3-23(15-26(27)33)43-24-5-10-35-31(16-24)41-13-6-21(19-34)7-14-41/h3-5,10,15-18,20-22,38H,6-9,11-14H2,1-2H3,(H,36,37,39). The molecule has 2 N–H and O–H groups in total. The lowest BCUT2D eigenvalue weighted by Crippen LogP contribution is -2.36. The molecule has 2 aromatic carbocycles. The van der Waals surface area contributed by atoms with Gasteiger partial charge in [0.1, 0.15) is 41.0 Å². The van der Waals surface area contributed by atoms with E-state index in [-0.39, 0.29) is 11.6 Å². The molecule has 0 unspecified atom stereocenters. The van der Waals surface area contributed by atoms with Gasteiger partial charge in [-0.2, -0.15) is 5.26 Å². The molecule has 2 fully saturated rings. The summed E-state index contributed by atoms with van der Waals surface area (Å²) in [6.45, 7) is 3.60. The molecule has 0 radical (unpaired) electrons. The molecule has 2 aromatic heterocycles. The number of hydrogen-bond donors (Lipinski definition) is 2. The Morgan fingerprint density at radius 2 is 1.72 bits per heavy atom. The number of rotatable bonds is 8. The quantitative estimate of drug-likeness (QED) is 0.258. The first-order valence-corrected chi connectivity index (χ1v) is 14.6. The molecular weight excluding hydrogens is 547 g/mol. The van der Waals surface area contributed by atoms with Crippen LogP contribution >= 0.6 is 0 Å². The fraction of sp³-hybridized carbons (Fsp3) is 0.375. The molecule has 2 aliphatic rings. The highest BCUT2D eigenvalue weighted by molar-refractivity contribution is 5.95. The summed E-state index contributed by atoms with van der Waals surface area (Å²) in [5.41, 5.74) is 1.82. The number of pyridine rings is 1. The summed E-state index contributed by atoms with van der Waals surface area (Å²) in [6, 6.07) is 14.8. The van der Waals surface area contributed by atoms with E-state index in [9.17, 15) is 0 Å². The van der Waals surface area contributed by atoms with Gasteiger partial charge in [0, 0.05) is 54.8 Å². The highest BCUT2D eigenvalue weighted by atomic mass is 19.1. The SMILES string of the molecule is COc1cc2ncnc(Nc3ccc(Oc4ccnc(N5CCC(C#N)CC5)c4)cc3F)c2cc1NC1CCN(C)CC1. The van der Waals surface area contributed by atoms with E-state index in [0.717, 1.165) is 68.8 Å². The van der Waals surface area contributed by atoms with Crippen molar-refractivity contribution in [2.75, 3.05) is 55.9 Å². The first kappa shape index (κ1) is 28.4. The topological polar surface area (TPSA) is 111 Å². The van der Waals surface area contributed by atoms with Crippen molar-refractivity contribution >= 4 is 33.9 Å². The fourth-order valence-electron chi connectivity index (χ4n) is 5.64. The zero-order valence-electron chi connectivity index (χ0n) is 24.4. The van der Waals surface area contributed by atoms with Gasteiger partial charge < -0.3 is 29.9 Å². The summed E-state index contributed by atoms with van der Waals surface area (Å²) < 4.78 is 27.0. The number of ether oxygens (including phenoxy) is 2. The summed E-state index contributed by atoms with van der Waals surface area (Å²) in [4.78, 5) is 17.8. The van der Waals surface area contributed by atoms with Crippen molar-refractivity contribution in [1.82, 2.24) is 19.9 Å². The van der Waals surface area contributed by atoms with Gasteiger partial charge in [-0.25, -0.2) is 19.3 Å². The summed E-state index contributed by atoms with van der Waals surface area (Å²) in [5, 5.41) is 16.7. The number of nitrogens with one attached hydrogen (secondary N) is 2. The lowest BCUT2D eigenvalue weighted by molar-refractivity contribution is 0.263. The van der Waals surface area contributed by atoms with Crippen LogP contribution in [0.5, 0.6) is 17.2 Å². The van der Waals surface area contributed by atoms with E-state index in [1.807, 2.05) is 18.2 Å². The molecule has 0 saturated carbocycles. The summed E-state index contributed by atoms with van der Waals surface area (Å²) >= 11 is 0. The predicted molar refractivity (Wildman–Crippen MR) is 165 cm³/mol. The van der Waals surface area contributed by atoms with Crippen LogP contribution in [0.15, 0.2) is 55.0 Å². The van der Waals surface area contributed by atoms with Crippen LogP contribution < -0.4 is 25.0 Å². The molecule has 0 amide bonds. The number of anilines is 4. The normalized spacial score (nSPS) is 16.6. The van der Waals surface area contributed by atoms with Crippen molar-refractivity contribution in [3.63, 3.8) is 0 Å². The summed E-state index contributed by atoms with van der Waals surface area (Å²) in [7, 11) is 3.78. The maximum atomic E-state index is 15.3. The zero-order chi connectivity index (χ0) is 29.8. The van der Waals surface area contributed by atoms with Crippen LogP contribution in [0.3, 0.4) is 0 Å². The van der Waals surface area contributed by atoms with Crippen molar-refractivity contribution in [2.24, 2.45) is 5.92 Å². The minimum absolute atomic E-state index is 0.0942. The smallest absolute Gasteiger partial charge is 0.150 e. The number of fused-ring (bicyclic) bond motifs is 1. The molecule has 0 aliphatic carbocycles. The molecule has 222 valence electrons. The Balaban J connectivity index is 1.18. The summed E-state index contributed by atoms with van der Waals surface area (Å²) in [5.74, 6) is 2.52. The Bertz CT molecular complexity index is 1630. The third kappa shape index (κ3) is 6.54. The minimum atomic E-state index is -0.477.